The molecule has 0 radical (unpaired) electrons. The Kier molecular flexibility index (Phi) is 8.42. The smallest absolute Gasteiger partial charge is 0.123 e. The minimum absolute atomic E-state index is 0.223. The Labute approximate surface area is 199 Å². The SMILES string of the molecule is C=C1CCCc2c(nc(C(C)C)c(/C=C/[C@@H](C)C[C@@H](O)CC)c2-c2ccc(F)cc2)/C1=C/C. The lowest BCUT2D eigenvalue weighted by Gasteiger charge is -2.22. The van der Waals surface area contributed by atoms with Crippen LogP contribution in [0.15, 0.2) is 48.6 Å². The lowest BCUT2D eigenvalue weighted by atomic mass is 9.86. The van der Waals surface area contributed by atoms with Crippen molar-refractivity contribution in [3.63, 3.8) is 0 Å². The number of aromatic nitrogens is 1. The first kappa shape index (κ1) is 25.1. The number of allylic oxidation sites excluding steroid dienone is 4. The van der Waals surface area contributed by atoms with Crippen LogP contribution in [0.2, 0.25) is 0 Å². The summed E-state index contributed by atoms with van der Waals surface area (Å²) in [7, 11) is 0. The Morgan fingerprint density at radius 1 is 1.15 bits per heavy atom. The molecular formula is C30H38FNO. The van der Waals surface area contributed by atoms with Crippen LogP contribution < -0.4 is 0 Å². The summed E-state index contributed by atoms with van der Waals surface area (Å²) in [6.45, 7) is 14.9. The topological polar surface area (TPSA) is 33.1 Å². The van der Waals surface area contributed by atoms with E-state index < -0.39 is 0 Å². The van der Waals surface area contributed by atoms with Gasteiger partial charge in [0.25, 0.3) is 0 Å². The van der Waals surface area contributed by atoms with Gasteiger partial charge in [0.15, 0.2) is 0 Å². The summed E-state index contributed by atoms with van der Waals surface area (Å²) in [6.07, 6.45) is 10.6. The molecule has 1 heterocycles. The summed E-state index contributed by atoms with van der Waals surface area (Å²) in [5.74, 6) is 0.232. The predicted octanol–water partition coefficient (Wildman–Crippen LogP) is 8.12. The Balaban J connectivity index is 2.29. The molecule has 1 aromatic heterocycles. The van der Waals surface area contributed by atoms with Gasteiger partial charge in [-0.25, -0.2) is 4.39 Å². The van der Waals surface area contributed by atoms with Gasteiger partial charge in [-0.15, -0.1) is 0 Å². The quantitative estimate of drug-likeness (QED) is 0.435. The molecule has 3 rings (SSSR count). The van der Waals surface area contributed by atoms with E-state index in [1.165, 1.54) is 17.7 Å². The van der Waals surface area contributed by atoms with E-state index in [0.29, 0.717) is 0 Å². The van der Waals surface area contributed by atoms with E-state index in [1.54, 1.807) is 0 Å². The van der Waals surface area contributed by atoms with Crippen molar-refractivity contribution in [2.24, 2.45) is 5.92 Å². The maximum Gasteiger partial charge on any atom is 0.123 e. The van der Waals surface area contributed by atoms with Gasteiger partial charge in [-0.1, -0.05) is 64.6 Å². The molecule has 3 heteroatoms. The lowest BCUT2D eigenvalue weighted by molar-refractivity contribution is 0.149. The fourth-order valence-electron chi connectivity index (χ4n) is 4.73. The minimum atomic E-state index is -0.292. The summed E-state index contributed by atoms with van der Waals surface area (Å²) >= 11 is 0. The second-order valence-corrected chi connectivity index (χ2v) is 9.57. The molecule has 0 unspecified atom stereocenters. The second kappa shape index (κ2) is 11.1. The number of rotatable bonds is 7. The third-order valence-electron chi connectivity index (χ3n) is 6.58. The molecule has 2 atom stereocenters. The van der Waals surface area contributed by atoms with Gasteiger partial charge >= 0.3 is 0 Å². The van der Waals surface area contributed by atoms with Crippen molar-refractivity contribution in [2.75, 3.05) is 0 Å². The van der Waals surface area contributed by atoms with Crippen molar-refractivity contribution in [1.29, 1.82) is 0 Å². The number of hydrogen-bond acceptors (Lipinski definition) is 2. The average molecular weight is 448 g/mol. The molecule has 0 spiro atoms. The number of aliphatic hydroxyl groups is 1. The number of nitrogens with zero attached hydrogens (tertiary/aromatic N) is 1. The molecule has 2 aromatic rings. The van der Waals surface area contributed by atoms with Crippen LogP contribution >= 0.6 is 0 Å². The van der Waals surface area contributed by atoms with Crippen LogP contribution in [0.3, 0.4) is 0 Å². The molecule has 1 aliphatic carbocycles. The van der Waals surface area contributed by atoms with Gasteiger partial charge < -0.3 is 5.11 Å². The van der Waals surface area contributed by atoms with Crippen LogP contribution in [0.25, 0.3) is 22.8 Å². The van der Waals surface area contributed by atoms with E-state index in [4.69, 9.17) is 4.98 Å². The van der Waals surface area contributed by atoms with Crippen molar-refractivity contribution in [2.45, 2.75) is 78.7 Å². The van der Waals surface area contributed by atoms with Crippen molar-refractivity contribution in [1.82, 2.24) is 4.98 Å². The van der Waals surface area contributed by atoms with Crippen molar-refractivity contribution in [3.8, 4) is 11.1 Å². The largest absolute Gasteiger partial charge is 0.393 e. The standard InChI is InChI=1S/C30H38FNO/c1-7-24(33)18-20(5)12-17-27-28(22-13-15-23(31)16-14-22)26-11-9-10-21(6)25(8-2)30(26)32-29(27)19(3)4/h8,12-17,19-20,24,33H,6-7,9-11,18H2,1-5H3/b17-12+,25-8+/t20-,24+/m1/s1. The van der Waals surface area contributed by atoms with Crippen molar-refractivity contribution < 1.29 is 9.50 Å². The summed E-state index contributed by atoms with van der Waals surface area (Å²) in [4.78, 5) is 5.23. The van der Waals surface area contributed by atoms with Gasteiger partial charge in [-0.3, -0.25) is 4.98 Å². The number of halogens is 1. The Hall–Kier alpha value is -2.52. The van der Waals surface area contributed by atoms with E-state index in [9.17, 15) is 9.50 Å². The zero-order valence-corrected chi connectivity index (χ0v) is 20.8. The number of benzene rings is 1. The lowest BCUT2D eigenvalue weighted by Crippen LogP contribution is -2.10. The molecule has 0 amide bonds. The molecule has 1 N–H and O–H groups in total. The summed E-state index contributed by atoms with van der Waals surface area (Å²) in [6, 6.07) is 6.84. The highest BCUT2D eigenvalue weighted by molar-refractivity contribution is 5.87. The zero-order valence-electron chi connectivity index (χ0n) is 20.8. The fraction of sp³-hybridized carbons (Fsp3) is 0.433. The van der Waals surface area contributed by atoms with Gasteiger partial charge in [0.2, 0.25) is 0 Å². The third-order valence-corrected chi connectivity index (χ3v) is 6.58. The first-order valence-corrected chi connectivity index (χ1v) is 12.3. The maximum absolute atomic E-state index is 13.8. The van der Waals surface area contributed by atoms with Crippen LogP contribution in [0.1, 0.15) is 88.7 Å². The van der Waals surface area contributed by atoms with Crippen molar-refractivity contribution in [3.05, 3.63) is 76.9 Å². The molecule has 33 heavy (non-hydrogen) atoms. The Bertz CT molecular complexity index is 1050. The highest BCUT2D eigenvalue weighted by Crippen LogP contribution is 2.41. The predicted molar refractivity (Wildman–Crippen MR) is 139 cm³/mol. The van der Waals surface area contributed by atoms with E-state index in [0.717, 1.165) is 71.3 Å². The van der Waals surface area contributed by atoms with E-state index in [1.807, 2.05) is 19.1 Å². The maximum atomic E-state index is 13.8. The van der Waals surface area contributed by atoms with Crippen LogP contribution in [-0.4, -0.2) is 16.2 Å². The van der Waals surface area contributed by atoms with Gasteiger partial charge in [0.05, 0.1) is 17.5 Å². The molecule has 0 bridgehead atoms. The van der Waals surface area contributed by atoms with Gasteiger partial charge in [0.1, 0.15) is 5.82 Å². The van der Waals surface area contributed by atoms with Crippen LogP contribution in [0.4, 0.5) is 4.39 Å². The van der Waals surface area contributed by atoms with E-state index in [-0.39, 0.29) is 23.8 Å². The third kappa shape index (κ3) is 5.70. The number of pyridine rings is 1. The first-order chi connectivity index (χ1) is 15.8. The average Bonchev–Trinajstić information content (AvgIpc) is 2.94. The molecular weight excluding hydrogens is 409 g/mol. The molecule has 0 fully saturated rings. The van der Waals surface area contributed by atoms with Crippen LogP contribution in [-0.2, 0) is 6.42 Å². The molecule has 1 aliphatic rings. The van der Waals surface area contributed by atoms with E-state index >= 15 is 0 Å². The van der Waals surface area contributed by atoms with Gasteiger partial charge in [-0.05, 0) is 90.8 Å². The Morgan fingerprint density at radius 2 is 1.85 bits per heavy atom. The van der Waals surface area contributed by atoms with Gasteiger partial charge in [0, 0.05) is 5.56 Å². The normalized spacial score (nSPS) is 17.5. The summed E-state index contributed by atoms with van der Waals surface area (Å²) in [5.41, 5.74) is 8.82. The highest BCUT2D eigenvalue weighted by Gasteiger charge is 2.25. The number of aliphatic hydroxyl groups excluding tert-OH is 1. The summed E-state index contributed by atoms with van der Waals surface area (Å²) < 4.78 is 13.8. The highest BCUT2D eigenvalue weighted by atomic mass is 19.1. The van der Waals surface area contributed by atoms with Gasteiger partial charge in [-0.2, -0.15) is 0 Å². The molecule has 0 saturated carbocycles. The second-order valence-electron chi connectivity index (χ2n) is 9.57. The number of hydrogen-bond donors (Lipinski definition) is 1. The molecule has 1 aromatic carbocycles. The van der Waals surface area contributed by atoms with E-state index in [2.05, 4.69) is 52.5 Å². The minimum Gasteiger partial charge on any atom is -0.393 e. The molecule has 0 aliphatic heterocycles. The molecule has 0 saturated heterocycles. The van der Waals surface area contributed by atoms with Crippen molar-refractivity contribution >= 4 is 11.6 Å². The fourth-order valence-corrected chi connectivity index (χ4v) is 4.73. The van der Waals surface area contributed by atoms with Crippen LogP contribution in [0.5, 0.6) is 0 Å². The Morgan fingerprint density at radius 3 is 2.45 bits per heavy atom. The molecule has 2 nitrogen and oxygen atoms in total. The molecule has 176 valence electrons. The number of fused-ring (bicyclic) bond motifs is 1. The zero-order chi connectivity index (χ0) is 24.1. The monoisotopic (exact) mass is 447 g/mol. The van der Waals surface area contributed by atoms with Crippen LogP contribution in [0, 0.1) is 11.7 Å². The first-order valence-electron chi connectivity index (χ1n) is 12.3. The summed E-state index contributed by atoms with van der Waals surface area (Å²) in [5, 5.41) is 10.1.